The molecule has 3 rings (SSSR count). The van der Waals surface area contributed by atoms with Gasteiger partial charge in [-0.2, -0.15) is 0 Å². The molecule has 0 N–H and O–H groups in total. The maximum atomic E-state index is 13.1. The van der Waals surface area contributed by atoms with E-state index >= 15 is 0 Å². The smallest absolute Gasteiger partial charge is 0.140 e. The van der Waals surface area contributed by atoms with Crippen molar-refractivity contribution in [1.29, 1.82) is 0 Å². The van der Waals surface area contributed by atoms with E-state index in [-0.39, 0.29) is 11.7 Å². The summed E-state index contributed by atoms with van der Waals surface area (Å²) in [4.78, 5) is 12.4. The molecule has 0 spiro atoms. The second kappa shape index (κ2) is 6.21. The number of hydrogen-bond donors (Lipinski definition) is 0. The molecule has 0 aromatic heterocycles. The van der Waals surface area contributed by atoms with E-state index < -0.39 is 0 Å². The summed E-state index contributed by atoms with van der Waals surface area (Å²) in [6, 6.07) is 16.7. The minimum absolute atomic E-state index is 0.0837. The van der Waals surface area contributed by atoms with Crippen LogP contribution in [0.25, 0.3) is 0 Å². The van der Waals surface area contributed by atoms with Crippen LogP contribution in [0.5, 0.6) is 0 Å². The number of benzene rings is 2. The lowest BCUT2D eigenvalue weighted by Crippen LogP contribution is -2.28. The third-order valence-corrected chi connectivity index (χ3v) is 4.39. The zero-order valence-electron chi connectivity index (χ0n) is 12.0. The molecule has 0 saturated heterocycles. The van der Waals surface area contributed by atoms with Crippen LogP contribution in [0.1, 0.15) is 36.3 Å². The molecular formula is C19H19FO. The van der Waals surface area contributed by atoms with Crippen molar-refractivity contribution in [2.45, 2.75) is 31.6 Å². The molecular weight excluding hydrogens is 263 g/mol. The minimum atomic E-state index is -0.249. The van der Waals surface area contributed by atoms with Gasteiger partial charge in [0.15, 0.2) is 0 Å². The van der Waals surface area contributed by atoms with Gasteiger partial charge >= 0.3 is 0 Å². The van der Waals surface area contributed by atoms with Gasteiger partial charge in [-0.1, -0.05) is 42.5 Å². The molecule has 1 aliphatic carbocycles. The first-order chi connectivity index (χ1) is 10.2. The molecule has 0 unspecified atom stereocenters. The molecule has 0 bridgehead atoms. The zero-order valence-corrected chi connectivity index (χ0v) is 12.0. The third kappa shape index (κ3) is 3.21. The van der Waals surface area contributed by atoms with Gasteiger partial charge in [0.25, 0.3) is 0 Å². The molecule has 2 aromatic carbocycles. The number of halogens is 1. The van der Waals surface area contributed by atoms with Crippen LogP contribution < -0.4 is 0 Å². The van der Waals surface area contributed by atoms with Crippen LogP contribution in [0, 0.1) is 11.7 Å². The Kier molecular flexibility index (Phi) is 4.14. The van der Waals surface area contributed by atoms with Crippen LogP contribution in [-0.4, -0.2) is 5.78 Å². The van der Waals surface area contributed by atoms with Gasteiger partial charge in [0.2, 0.25) is 0 Å². The highest BCUT2D eigenvalue weighted by molar-refractivity contribution is 5.86. The van der Waals surface area contributed by atoms with Gasteiger partial charge in [0.05, 0.1) is 0 Å². The van der Waals surface area contributed by atoms with Crippen LogP contribution in [0.4, 0.5) is 4.39 Å². The van der Waals surface area contributed by atoms with E-state index in [9.17, 15) is 9.18 Å². The van der Waals surface area contributed by atoms with Crippen molar-refractivity contribution in [3.05, 3.63) is 71.5 Å². The molecule has 2 atom stereocenters. The lowest BCUT2D eigenvalue weighted by Gasteiger charge is -2.31. The van der Waals surface area contributed by atoms with E-state index in [1.807, 2.05) is 18.2 Å². The fourth-order valence-electron chi connectivity index (χ4n) is 3.39. The van der Waals surface area contributed by atoms with Gasteiger partial charge in [-0.25, -0.2) is 4.39 Å². The van der Waals surface area contributed by atoms with Gasteiger partial charge in [-0.15, -0.1) is 0 Å². The van der Waals surface area contributed by atoms with Crippen LogP contribution in [0.2, 0.25) is 0 Å². The Labute approximate surface area is 124 Å². The molecule has 0 amide bonds. The van der Waals surface area contributed by atoms with Gasteiger partial charge in [0.1, 0.15) is 11.6 Å². The van der Waals surface area contributed by atoms with Crippen LogP contribution in [-0.2, 0) is 11.2 Å². The van der Waals surface area contributed by atoms with Crippen molar-refractivity contribution in [3.63, 3.8) is 0 Å². The number of Topliss-reactive ketones (excluding diaryl/α,β-unsaturated/α-hetero) is 1. The predicted molar refractivity (Wildman–Crippen MR) is 81.6 cm³/mol. The molecule has 1 fully saturated rings. The fourth-order valence-corrected chi connectivity index (χ4v) is 3.39. The Morgan fingerprint density at radius 1 is 1.00 bits per heavy atom. The first-order valence-electron chi connectivity index (χ1n) is 7.56. The van der Waals surface area contributed by atoms with Gasteiger partial charge < -0.3 is 0 Å². The molecule has 0 radical (unpaired) electrons. The standard InChI is InChI=1S/C19H19FO/c20-17-11-9-15(10-12-17)19-16(7-4-8-18(19)21)13-14-5-2-1-3-6-14/h1-3,5-6,9-12,16,19H,4,7-8,13H2/t16-,19-/m0/s1. The summed E-state index contributed by atoms with van der Waals surface area (Å²) in [5.41, 5.74) is 2.23. The first-order valence-corrected chi connectivity index (χ1v) is 7.56. The molecule has 108 valence electrons. The van der Waals surface area contributed by atoms with Crippen molar-refractivity contribution >= 4 is 5.78 Å². The quantitative estimate of drug-likeness (QED) is 0.809. The van der Waals surface area contributed by atoms with Crippen LogP contribution in [0.3, 0.4) is 0 Å². The lowest BCUT2D eigenvalue weighted by atomic mass is 9.72. The molecule has 1 nitrogen and oxygen atoms in total. The Morgan fingerprint density at radius 3 is 2.43 bits per heavy atom. The molecule has 2 heteroatoms. The lowest BCUT2D eigenvalue weighted by molar-refractivity contribution is -0.123. The first kappa shape index (κ1) is 14.0. The Hall–Kier alpha value is -1.96. The topological polar surface area (TPSA) is 17.1 Å². The van der Waals surface area contributed by atoms with Crippen LogP contribution >= 0.6 is 0 Å². The normalized spacial score (nSPS) is 22.2. The summed E-state index contributed by atoms with van der Waals surface area (Å²) in [6.07, 6.45) is 3.58. The maximum absolute atomic E-state index is 13.1. The predicted octanol–water partition coefficient (Wildman–Crippen LogP) is 4.52. The second-order valence-corrected chi connectivity index (χ2v) is 5.84. The van der Waals surface area contributed by atoms with Crippen molar-refractivity contribution in [2.75, 3.05) is 0 Å². The minimum Gasteiger partial charge on any atom is -0.299 e. The summed E-state index contributed by atoms with van der Waals surface area (Å²) in [5, 5.41) is 0. The number of ketones is 1. The van der Waals surface area contributed by atoms with Gasteiger partial charge in [-0.3, -0.25) is 4.79 Å². The fraction of sp³-hybridized carbons (Fsp3) is 0.316. The molecule has 0 aliphatic heterocycles. The van der Waals surface area contributed by atoms with E-state index in [0.29, 0.717) is 18.1 Å². The Morgan fingerprint density at radius 2 is 1.71 bits per heavy atom. The zero-order chi connectivity index (χ0) is 14.7. The Bertz CT molecular complexity index is 603. The van der Waals surface area contributed by atoms with E-state index in [2.05, 4.69) is 12.1 Å². The molecule has 1 aliphatic rings. The molecule has 2 aromatic rings. The molecule has 0 heterocycles. The summed E-state index contributed by atoms with van der Waals surface area (Å²) in [5.74, 6) is 0.286. The van der Waals surface area contributed by atoms with Crippen LogP contribution in [0.15, 0.2) is 54.6 Å². The summed E-state index contributed by atoms with van der Waals surface area (Å²) < 4.78 is 13.1. The number of rotatable bonds is 3. The van der Waals surface area contributed by atoms with E-state index in [1.54, 1.807) is 12.1 Å². The highest BCUT2D eigenvalue weighted by Crippen LogP contribution is 2.37. The molecule has 1 saturated carbocycles. The summed E-state index contributed by atoms with van der Waals surface area (Å²) >= 11 is 0. The number of carbonyl (C=O) groups excluding carboxylic acids is 1. The second-order valence-electron chi connectivity index (χ2n) is 5.84. The average Bonchev–Trinajstić information content (AvgIpc) is 2.50. The van der Waals surface area contributed by atoms with Crippen molar-refractivity contribution in [1.82, 2.24) is 0 Å². The average molecular weight is 282 g/mol. The van der Waals surface area contributed by atoms with E-state index in [1.165, 1.54) is 17.7 Å². The summed E-state index contributed by atoms with van der Waals surface area (Å²) in [6.45, 7) is 0. The summed E-state index contributed by atoms with van der Waals surface area (Å²) in [7, 11) is 0. The SMILES string of the molecule is O=C1CCC[C@@H](Cc2ccccc2)[C@@H]1c1ccc(F)cc1. The number of carbonyl (C=O) groups is 1. The third-order valence-electron chi connectivity index (χ3n) is 4.39. The van der Waals surface area contributed by atoms with Gasteiger partial charge in [-0.05, 0) is 48.4 Å². The molecule has 21 heavy (non-hydrogen) atoms. The number of hydrogen-bond acceptors (Lipinski definition) is 1. The van der Waals surface area contributed by atoms with Crippen molar-refractivity contribution in [2.24, 2.45) is 5.92 Å². The van der Waals surface area contributed by atoms with E-state index in [0.717, 1.165) is 24.8 Å². The van der Waals surface area contributed by atoms with Gasteiger partial charge in [0, 0.05) is 12.3 Å². The Balaban J connectivity index is 1.86. The largest absolute Gasteiger partial charge is 0.299 e. The maximum Gasteiger partial charge on any atom is 0.140 e. The van der Waals surface area contributed by atoms with E-state index in [4.69, 9.17) is 0 Å². The highest BCUT2D eigenvalue weighted by Gasteiger charge is 2.32. The highest BCUT2D eigenvalue weighted by atomic mass is 19.1. The van der Waals surface area contributed by atoms with Crippen molar-refractivity contribution < 1.29 is 9.18 Å². The van der Waals surface area contributed by atoms with Crippen molar-refractivity contribution in [3.8, 4) is 0 Å². The monoisotopic (exact) mass is 282 g/mol.